The molecular weight excluding hydrogens is 413 g/mol. The number of carbonyl (C=O) groups excluding carboxylic acids is 1. The minimum absolute atomic E-state index is 0.0143. The van der Waals surface area contributed by atoms with Crippen LogP contribution in [0.4, 0.5) is 22.0 Å². The van der Waals surface area contributed by atoms with Crippen molar-refractivity contribution in [2.24, 2.45) is 0 Å². The number of rotatable bonds is 4. The quantitative estimate of drug-likeness (QED) is 0.756. The molecule has 1 aromatic carbocycles. The second kappa shape index (κ2) is 7.77. The van der Waals surface area contributed by atoms with Gasteiger partial charge in [-0.25, -0.2) is 13.5 Å². The minimum atomic E-state index is -4.49. The molecule has 2 atom stereocenters. The number of carbonyl (C=O) groups is 1. The molecule has 2 aliphatic heterocycles. The van der Waals surface area contributed by atoms with E-state index in [9.17, 15) is 26.7 Å². The Morgan fingerprint density at radius 2 is 2.10 bits per heavy atom. The normalized spacial score (nSPS) is 20.7. The molecule has 3 heterocycles. The molecule has 0 saturated heterocycles. The van der Waals surface area contributed by atoms with Crippen molar-refractivity contribution in [3.63, 3.8) is 0 Å². The molecule has 1 aromatic heterocycles. The van der Waals surface area contributed by atoms with E-state index in [2.05, 4.69) is 10.4 Å². The van der Waals surface area contributed by atoms with E-state index in [4.69, 9.17) is 9.47 Å². The van der Waals surface area contributed by atoms with Gasteiger partial charge in [0, 0.05) is 25.5 Å². The van der Waals surface area contributed by atoms with E-state index in [0.29, 0.717) is 23.3 Å². The maximum atomic E-state index is 12.8. The Bertz CT molecular complexity index is 944. The molecule has 30 heavy (non-hydrogen) atoms. The Morgan fingerprint density at radius 1 is 1.30 bits per heavy atom. The van der Waals surface area contributed by atoms with Gasteiger partial charge in [-0.15, -0.1) is 0 Å². The number of hydrogen-bond acceptors (Lipinski definition) is 4. The number of aromatic nitrogens is 2. The first-order chi connectivity index (χ1) is 14.2. The zero-order valence-corrected chi connectivity index (χ0v) is 15.6. The number of fused-ring (bicyclic) bond motifs is 2. The van der Waals surface area contributed by atoms with Gasteiger partial charge in [-0.1, -0.05) is 12.1 Å². The van der Waals surface area contributed by atoms with Gasteiger partial charge >= 0.3 is 6.18 Å². The van der Waals surface area contributed by atoms with Crippen molar-refractivity contribution in [3.05, 3.63) is 41.1 Å². The number of nitrogens with zero attached hydrogens (tertiary/aromatic N) is 2. The predicted molar refractivity (Wildman–Crippen MR) is 93.9 cm³/mol. The Labute approximate surface area is 167 Å². The minimum Gasteiger partial charge on any atom is -0.491 e. The van der Waals surface area contributed by atoms with Crippen LogP contribution in [0.5, 0.6) is 11.6 Å². The van der Waals surface area contributed by atoms with E-state index in [0.717, 1.165) is 0 Å². The number of benzene rings is 1. The lowest BCUT2D eigenvalue weighted by Gasteiger charge is -2.26. The second-order valence-electron chi connectivity index (χ2n) is 7.25. The van der Waals surface area contributed by atoms with Crippen molar-refractivity contribution in [2.45, 2.75) is 50.6 Å². The van der Waals surface area contributed by atoms with Gasteiger partial charge < -0.3 is 14.8 Å². The average Bonchev–Trinajstić information content (AvgIpc) is 3.10. The predicted octanol–water partition coefficient (Wildman–Crippen LogP) is 3.14. The number of aryl methyl sites for hydroxylation is 1. The van der Waals surface area contributed by atoms with Crippen LogP contribution in [0.25, 0.3) is 0 Å². The highest BCUT2D eigenvalue weighted by Gasteiger charge is 2.44. The number of nitrogens with one attached hydrogen (secondary N) is 1. The lowest BCUT2D eigenvalue weighted by Crippen LogP contribution is -2.43. The Hall–Kier alpha value is -2.85. The van der Waals surface area contributed by atoms with E-state index in [-0.39, 0.29) is 37.6 Å². The highest BCUT2D eigenvalue weighted by Crippen LogP contribution is 2.32. The molecule has 1 N–H and O–H groups in total. The van der Waals surface area contributed by atoms with Crippen LogP contribution in [0.1, 0.15) is 28.0 Å². The number of halogens is 5. The fourth-order valence-corrected chi connectivity index (χ4v) is 3.55. The fraction of sp³-hybridized carbons (Fsp3) is 0.474. The van der Waals surface area contributed by atoms with Gasteiger partial charge in [-0.3, -0.25) is 4.79 Å². The molecule has 0 aliphatic carbocycles. The van der Waals surface area contributed by atoms with Crippen molar-refractivity contribution in [3.8, 4) is 11.6 Å². The molecule has 2 aromatic rings. The average molecular weight is 431 g/mol. The van der Waals surface area contributed by atoms with Crippen molar-refractivity contribution < 1.29 is 36.2 Å². The number of amides is 1. The molecule has 2 aliphatic rings. The van der Waals surface area contributed by atoms with Crippen LogP contribution in [0.3, 0.4) is 0 Å². The number of hydrogen-bond donors (Lipinski definition) is 1. The first-order valence-electron chi connectivity index (χ1n) is 9.34. The maximum Gasteiger partial charge on any atom is 0.425 e. The first-order valence-corrected chi connectivity index (χ1v) is 9.34. The Kier molecular flexibility index (Phi) is 5.29. The van der Waals surface area contributed by atoms with Gasteiger partial charge in [0.2, 0.25) is 12.3 Å². The Morgan fingerprint density at radius 3 is 2.83 bits per heavy atom. The summed E-state index contributed by atoms with van der Waals surface area (Å²) in [6, 6.07) is 5.57. The summed E-state index contributed by atoms with van der Waals surface area (Å²) in [7, 11) is 0. The molecule has 1 unspecified atom stereocenters. The lowest BCUT2D eigenvalue weighted by atomic mass is 9.99. The van der Waals surface area contributed by atoms with Crippen LogP contribution in [0.15, 0.2) is 24.3 Å². The Balaban J connectivity index is 1.41. The van der Waals surface area contributed by atoms with Crippen LogP contribution >= 0.6 is 0 Å². The third kappa shape index (κ3) is 4.34. The molecule has 162 valence electrons. The third-order valence-electron chi connectivity index (χ3n) is 4.96. The van der Waals surface area contributed by atoms with Crippen molar-refractivity contribution in [2.75, 3.05) is 6.61 Å². The summed E-state index contributed by atoms with van der Waals surface area (Å²) in [6.07, 6.45) is -9.17. The maximum absolute atomic E-state index is 12.8. The van der Waals surface area contributed by atoms with Crippen molar-refractivity contribution in [1.82, 2.24) is 15.1 Å². The zero-order valence-electron chi connectivity index (χ0n) is 15.6. The molecule has 0 radical (unpaired) electrons. The van der Waals surface area contributed by atoms with Gasteiger partial charge in [0.15, 0.2) is 11.8 Å². The van der Waals surface area contributed by atoms with Crippen LogP contribution in [0, 0.1) is 0 Å². The van der Waals surface area contributed by atoms with Gasteiger partial charge in [0.25, 0.3) is 5.91 Å². The summed E-state index contributed by atoms with van der Waals surface area (Å²) in [5, 5.41) is 6.73. The molecule has 0 saturated carbocycles. The summed E-state index contributed by atoms with van der Waals surface area (Å²) in [5.74, 6) is -0.122. The summed E-state index contributed by atoms with van der Waals surface area (Å²) in [6.45, 7) is 0.159. The third-order valence-corrected chi connectivity index (χ3v) is 4.96. The largest absolute Gasteiger partial charge is 0.491 e. The van der Waals surface area contributed by atoms with Gasteiger partial charge in [-0.05, 0) is 23.6 Å². The number of ether oxygens (including phenoxy) is 2. The van der Waals surface area contributed by atoms with E-state index in [1.807, 2.05) is 0 Å². The molecule has 0 spiro atoms. The summed E-state index contributed by atoms with van der Waals surface area (Å²) < 4.78 is 75.5. The van der Waals surface area contributed by atoms with Crippen molar-refractivity contribution in [1.29, 1.82) is 0 Å². The summed E-state index contributed by atoms with van der Waals surface area (Å²) in [4.78, 5) is 12.5. The van der Waals surface area contributed by atoms with Crippen molar-refractivity contribution >= 4 is 5.91 Å². The smallest absolute Gasteiger partial charge is 0.425 e. The summed E-state index contributed by atoms with van der Waals surface area (Å²) in [5.41, 5.74) is 1.10. The molecule has 0 fully saturated rings. The zero-order chi connectivity index (χ0) is 21.5. The monoisotopic (exact) mass is 431 g/mol. The van der Waals surface area contributed by atoms with Gasteiger partial charge in [0.05, 0.1) is 6.04 Å². The number of alkyl halides is 5. The van der Waals surface area contributed by atoms with Crippen LogP contribution in [0.2, 0.25) is 0 Å². The molecule has 4 rings (SSSR count). The van der Waals surface area contributed by atoms with Crippen LogP contribution < -0.4 is 14.8 Å². The topological polar surface area (TPSA) is 65.4 Å². The van der Waals surface area contributed by atoms with Crippen LogP contribution in [-0.2, 0) is 19.4 Å². The van der Waals surface area contributed by atoms with Gasteiger partial charge in [0.1, 0.15) is 12.4 Å². The lowest BCUT2D eigenvalue weighted by molar-refractivity contribution is -0.203. The van der Waals surface area contributed by atoms with E-state index in [1.165, 1.54) is 10.7 Å². The SMILES string of the molecule is O=C(N[C@H]1COc2ccc(CC(F)F)cc2C1)c1cc2n(n1)CCC(C(F)(F)F)O2. The molecular formula is C19H18F5N3O3. The molecule has 1 amide bonds. The standard InChI is InChI=1S/C19H18F5N3O3/c20-16(21)6-10-1-2-14-11(5-10)7-12(9-29-14)25-18(28)13-8-17-27(26-13)4-3-15(30-17)19(22,23)24/h1-2,5,8,12,15-16H,3-4,6-7,9H2,(H,25,28)/t12-,15?/m1/s1. The van der Waals surface area contributed by atoms with E-state index in [1.54, 1.807) is 18.2 Å². The van der Waals surface area contributed by atoms with Crippen LogP contribution in [-0.4, -0.2) is 47.0 Å². The van der Waals surface area contributed by atoms with E-state index >= 15 is 0 Å². The highest BCUT2D eigenvalue weighted by molar-refractivity contribution is 5.92. The molecule has 0 bridgehead atoms. The van der Waals surface area contributed by atoms with Gasteiger partial charge in [-0.2, -0.15) is 18.3 Å². The second-order valence-corrected chi connectivity index (χ2v) is 7.25. The molecule has 6 nitrogen and oxygen atoms in total. The summed E-state index contributed by atoms with van der Waals surface area (Å²) >= 11 is 0. The highest BCUT2D eigenvalue weighted by atomic mass is 19.4. The first kappa shape index (κ1) is 20.4. The fourth-order valence-electron chi connectivity index (χ4n) is 3.55. The van der Waals surface area contributed by atoms with E-state index < -0.39 is 30.7 Å². The molecule has 11 heteroatoms.